The highest BCUT2D eigenvalue weighted by Gasteiger charge is 2.30. The largest absolute Gasteiger partial charge is 0.444 e. The van der Waals surface area contributed by atoms with Crippen molar-refractivity contribution < 1.29 is 19.1 Å². The summed E-state index contributed by atoms with van der Waals surface area (Å²) < 4.78 is 12.7. The standard InChI is InChI=1S/C28H36N6O4S/c1-17-18(2)22-29-16-30-34(22)15-20(17)9-10-21-24(32-25(35)37-27(3,4)5)39-23(31-21)19-11-13-33(14-12-19)26(36)38-28(6,7)8/h15-16,19H,11-14H2,1-8H3,(H,32,35). The van der Waals surface area contributed by atoms with Crippen LogP contribution >= 0.6 is 11.3 Å². The van der Waals surface area contributed by atoms with Gasteiger partial charge in [0, 0.05) is 30.8 Å². The third-order valence-electron chi connectivity index (χ3n) is 6.20. The molecule has 11 heteroatoms. The van der Waals surface area contributed by atoms with Gasteiger partial charge >= 0.3 is 12.2 Å². The number of nitrogens with one attached hydrogen (secondary N) is 1. The quantitative estimate of drug-likeness (QED) is 0.408. The number of fused-ring (bicyclic) bond motifs is 1. The van der Waals surface area contributed by atoms with Crippen LogP contribution in [0.15, 0.2) is 12.5 Å². The van der Waals surface area contributed by atoms with E-state index in [1.54, 1.807) is 9.42 Å². The lowest BCUT2D eigenvalue weighted by atomic mass is 9.98. The van der Waals surface area contributed by atoms with Crippen LogP contribution < -0.4 is 5.32 Å². The number of carbonyl (C=O) groups is 2. The zero-order valence-corrected chi connectivity index (χ0v) is 24.7. The maximum absolute atomic E-state index is 12.6. The molecule has 4 rings (SSSR count). The van der Waals surface area contributed by atoms with Crippen LogP contribution in [0.5, 0.6) is 0 Å². The maximum Gasteiger partial charge on any atom is 0.412 e. The van der Waals surface area contributed by atoms with E-state index >= 15 is 0 Å². The molecule has 1 fully saturated rings. The lowest BCUT2D eigenvalue weighted by Gasteiger charge is -2.32. The van der Waals surface area contributed by atoms with Crippen LogP contribution in [0.3, 0.4) is 0 Å². The number of pyridine rings is 1. The van der Waals surface area contributed by atoms with Gasteiger partial charge in [-0.3, -0.25) is 5.32 Å². The van der Waals surface area contributed by atoms with Gasteiger partial charge in [-0.15, -0.1) is 0 Å². The molecule has 0 radical (unpaired) electrons. The van der Waals surface area contributed by atoms with Crippen molar-refractivity contribution in [2.24, 2.45) is 0 Å². The van der Waals surface area contributed by atoms with Gasteiger partial charge in [-0.25, -0.2) is 24.1 Å². The highest BCUT2D eigenvalue weighted by atomic mass is 32.1. The molecule has 0 aliphatic carbocycles. The van der Waals surface area contributed by atoms with Crippen molar-refractivity contribution >= 4 is 34.2 Å². The Balaban J connectivity index is 1.59. The monoisotopic (exact) mass is 552 g/mol. The van der Waals surface area contributed by atoms with Crippen molar-refractivity contribution in [3.05, 3.63) is 39.9 Å². The van der Waals surface area contributed by atoms with E-state index in [-0.39, 0.29) is 12.0 Å². The van der Waals surface area contributed by atoms with Crippen LogP contribution in [0.1, 0.15) is 87.7 Å². The summed E-state index contributed by atoms with van der Waals surface area (Å²) in [7, 11) is 0. The van der Waals surface area contributed by atoms with Gasteiger partial charge in [0.15, 0.2) is 5.65 Å². The highest BCUT2D eigenvalue weighted by Crippen LogP contribution is 2.36. The first-order valence-corrected chi connectivity index (χ1v) is 13.8. The summed E-state index contributed by atoms with van der Waals surface area (Å²) in [5.74, 6) is 6.52. The fourth-order valence-electron chi connectivity index (χ4n) is 4.17. The Labute approximate surface area is 233 Å². The molecule has 1 aliphatic rings. The minimum atomic E-state index is -0.639. The van der Waals surface area contributed by atoms with Crippen LogP contribution in [0.4, 0.5) is 14.6 Å². The number of likely N-dealkylation sites (tertiary alicyclic amines) is 1. The minimum Gasteiger partial charge on any atom is -0.444 e. The summed E-state index contributed by atoms with van der Waals surface area (Å²) >= 11 is 1.40. The van der Waals surface area contributed by atoms with Crippen molar-refractivity contribution in [3.8, 4) is 11.8 Å². The van der Waals surface area contributed by atoms with Gasteiger partial charge in [0.1, 0.15) is 28.2 Å². The summed E-state index contributed by atoms with van der Waals surface area (Å²) in [4.78, 5) is 36.0. The van der Waals surface area contributed by atoms with Crippen LogP contribution in [-0.2, 0) is 9.47 Å². The van der Waals surface area contributed by atoms with E-state index < -0.39 is 17.3 Å². The van der Waals surface area contributed by atoms with Gasteiger partial charge in [-0.2, -0.15) is 5.10 Å². The molecule has 39 heavy (non-hydrogen) atoms. The number of hydrogen-bond acceptors (Lipinski definition) is 8. The minimum absolute atomic E-state index is 0.138. The number of thiazole rings is 1. The van der Waals surface area contributed by atoms with Gasteiger partial charge in [0.2, 0.25) is 0 Å². The lowest BCUT2D eigenvalue weighted by molar-refractivity contribution is 0.0204. The molecule has 4 heterocycles. The zero-order valence-electron chi connectivity index (χ0n) is 23.8. The summed E-state index contributed by atoms with van der Waals surface area (Å²) in [6, 6.07) is 0. The van der Waals surface area contributed by atoms with Crippen LogP contribution in [-0.4, -0.2) is 61.0 Å². The highest BCUT2D eigenvalue weighted by molar-refractivity contribution is 7.16. The van der Waals surface area contributed by atoms with Crippen LogP contribution in [0.2, 0.25) is 0 Å². The lowest BCUT2D eigenvalue weighted by Crippen LogP contribution is -2.41. The van der Waals surface area contributed by atoms with Crippen LogP contribution in [0.25, 0.3) is 5.65 Å². The number of carbonyl (C=O) groups excluding carboxylic acids is 2. The van der Waals surface area contributed by atoms with E-state index in [0.717, 1.165) is 40.2 Å². The molecular weight excluding hydrogens is 516 g/mol. The number of ether oxygens (including phenoxy) is 2. The third-order valence-corrected chi connectivity index (χ3v) is 7.33. The topological polar surface area (TPSA) is 111 Å². The van der Waals surface area contributed by atoms with E-state index in [2.05, 4.69) is 27.2 Å². The predicted molar refractivity (Wildman–Crippen MR) is 150 cm³/mol. The van der Waals surface area contributed by atoms with E-state index in [0.29, 0.717) is 23.8 Å². The normalized spacial score (nSPS) is 14.6. The van der Waals surface area contributed by atoms with E-state index in [1.807, 2.05) is 61.6 Å². The van der Waals surface area contributed by atoms with Crippen molar-refractivity contribution in [2.45, 2.75) is 85.4 Å². The van der Waals surface area contributed by atoms with E-state index in [1.165, 1.54) is 17.7 Å². The maximum atomic E-state index is 12.6. The summed E-state index contributed by atoms with van der Waals surface area (Å²) in [5, 5.41) is 8.50. The van der Waals surface area contributed by atoms with Gasteiger partial charge in [-0.1, -0.05) is 17.3 Å². The molecule has 0 unspecified atom stereocenters. The Morgan fingerprint density at radius 1 is 1.03 bits per heavy atom. The summed E-state index contributed by atoms with van der Waals surface area (Å²) in [5.41, 5.74) is 2.91. The number of amides is 2. The third kappa shape index (κ3) is 7.06. The fourth-order valence-corrected chi connectivity index (χ4v) is 5.24. The molecule has 0 saturated carbocycles. The first kappa shape index (κ1) is 28.4. The Bertz CT molecular complexity index is 1440. The number of hydrogen-bond donors (Lipinski definition) is 1. The first-order valence-electron chi connectivity index (χ1n) is 13.0. The molecule has 0 aromatic carbocycles. The number of aromatic nitrogens is 4. The molecule has 2 amide bonds. The van der Waals surface area contributed by atoms with E-state index in [9.17, 15) is 9.59 Å². The molecule has 0 atom stereocenters. The molecule has 1 aliphatic heterocycles. The van der Waals surface area contributed by atoms with Gasteiger partial charge in [0.05, 0.1) is 5.01 Å². The predicted octanol–water partition coefficient (Wildman–Crippen LogP) is 5.66. The summed E-state index contributed by atoms with van der Waals surface area (Å²) in [6.07, 6.45) is 3.99. The van der Waals surface area contributed by atoms with Crippen molar-refractivity contribution in [3.63, 3.8) is 0 Å². The first-order chi connectivity index (χ1) is 18.2. The second kappa shape index (κ2) is 10.8. The number of anilines is 1. The van der Waals surface area contributed by atoms with Gasteiger partial charge in [0.25, 0.3) is 0 Å². The molecule has 1 N–H and O–H groups in total. The van der Waals surface area contributed by atoms with Crippen LogP contribution in [0, 0.1) is 25.7 Å². The molecule has 0 spiro atoms. The SMILES string of the molecule is Cc1c(C#Cc2nc(C3CCN(C(=O)OC(C)(C)C)CC3)sc2NC(=O)OC(C)(C)C)cn2ncnc2c1C. The van der Waals surface area contributed by atoms with Gasteiger partial charge in [-0.05, 0) is 85.3 Å². The zero-order chi connectivity index (χ0) is 28.5. The molecular formula is C28H36N6O4S. The molecule has 10 nitrogen and oxygen atoms in total. The molecule has 0 bridgehead atoms. The average Bonchev–Trinajstić information content (AvgIpc) is 3.45. The molecule has 3 aromatic heterocycles. The number of aryl methyl sites for hydroxylation is 1. The second-order valence-electron chi connectivity index (χ2n) is 11.7. The number of piperidine rings is 1. The second-order valence-corrected chi connectivity index (χ2v) is 12.7. The molecule has 208 valence electrons. The average molecular weight is 553 g/mol. The number of nitrogens with zero attached hydrogens (tertiary/aromatic N) is 5. The Morgan fingerprint density at radius 3 is 2.33 bits per heavy atom. The van der Waals surface area contributed by atoms with Crippen molar-refractivity contribution in [2.75, 3.05) is 18.4 Å². The van der Waals surface area contributed by atoms with Crippen molar-refractivity contribution in [1.29, 1.82) is 0 Å². The van der Waals surface area contributed by atoms with E-state index in [4.69, 9.17) is 14.5 Å². The summed E-state index contributed by atoms with van der Waals surface area (Å²) in [6.45, 7) is 16.2. The Kier molecular flexibility index (Phi) is 7.89. The Hall–Kier alpha value is -3.65. The number of rotatable bonds is 2. The molecule has 1 saturated heterocycles. The Morgan fingerprint density at radius 2 is 1.69 bits per heavy atom. The smallest absolute Gasteiger partial charge is 0.412 e. The van der Waals surface area contributed by atoms with Gasteiger partial charge < -0.3 is 14.4 Å². The van der Waals surface area contributed by atoms with Crippen molar-refractivity contribution in [1.82, 2.24) is 24.5 Å². The fraction of sp³-hybridized carbons (Fsp3) is 0.536. The molecule has 3 aromatic rings.